The molecule has 0 saturated carbocycles. The molecule has 0 amide bonds. The van der Waals surface area contributed by atoms with Gasteiger partial charge in [0, 0.05) is 27.1 Å². The van der Waals surface area contributed by atoms with Gasteiger partial charge in [-0.3, -0.25) is 0 Å². The number of hydrogen-bond donors (Lipinski definition) is 1. The number of benzene rings is 1. The van der Waals surface area contributed by atoms with E-state index in [-0.39, 0.29) is 0 Å². The standard InChI is InChI=1S/C15H15BrO2S/c1-9-2-3-14(19-9)13(17)8-11-7-12(16)6-10-4-5-18-15(10)11/h2-3,6-7,13,17H,4-5,8H2,1H3. The van der Waals surface area contributed by atoms with Crippen molar-refractivity contribution < 1.29 is 9.84 Å². The molecule has 0 radical (unpaired) electrons. The lowest BCUT2D eigenvalue weighted by atomic mass is 10.0. The van der Waals surface area contributed by atoms with Crippen LogP contribution >= 0.6 is 27.3 Å². The Kier molecular flexibility index (Phi) is 3.65. The number of hydrogen-bond acceptors (Lipinski definition) is 3. The van der Waals surface area contributed by atoms with Gasteiger partial charge in [-0.15, -0.1) is 11.3 Å². The SMILES string of the molecule is Cc1ccc(C(O)Cc2cc(Br)cc3c2OCC3)s1. The molecular weight excluding hydrogens is 324 g/mol. The lowest BCUT2D eigenvalue weighted by Crippen LogP contribution is -2.01. The van der Waals surface area contributed by atoms with Crippen molar-refractivity contribution in [3.05, 3.63) is 49.6 Å². The highest BCUT2D eigenvalue weighted by atomic mass is 79.9. The van der Waals surface area contributed by atoms with Gasteiger partial charge in [0.1, 0.15) is 5.75 Å². The summed E-state index contributed by atoms with van der Waals surface area (Å²) in [6.45, 7) is 2.80. The molecule has 1 unspecified atom stereocenters. The first-order chi connectivity index (χ1) is 9.13. The highest BCUT2D eigenvalue weighted by Gasteiger charge is 2.20. The van der Waals surface area contributed by atoms with Crippen LogP contribution in [0.3, 0.4) is 0 Å². The van der Waals surface area contributed by atoms with Crippen LogP contribution in [0.4, 0.5) is 0 Å². The summed E-state index contributed by atoms with van der Waals surface area (Å²) in [5.41, 5.74) is 2.32. The average Bonchev–Trinajstić information content (AvgIpc) is 2.97. The maximum absolute atomic E-state index is 10.3. The second kappa shape index (κ2) is 5.27. The smallest absolute Gasteiger partial charge is 0.125 e. The van der Waals surface area contributed by atoms with Crippen LogP contribution in [0.2, 0.25) is 0 Å². The van der Waals surface area contributed by atoms with Crippen molar-refractivity contribution in [3.63, 3.8) is 0 Å². The monoisotopic (exact) mass is 338 g/mol. The number of fused-ring (bicyclic) bond motifs is 1. The fourth-order valence-electron chi connectivity index (χ4n) is 2.44. The predicted octanol–water partition coefficient (Wildman–Crippen LogP) is 4.03. The van der Waals surface area contributed by atoms with E-state index in [0.29, 0.717) is 6.42 Å². The molecule has 2 heterocycles. The number of aryl methyl sites for hydroxylation is 1. The highest BCUT2D eigenvalue weighted by Crippen LogP contribution is 2.36. The Balaban J connectivity index is 1.87. The molecular formula is C15H15BrO2S. The van der Waals surface area contributed by atoms with Crippen molar-refractivity contribution in [1.29, 1.82) is 0 Å². The lowest BCUT2D eigenvalue weighted by molar-refractivity contribution is 0.181. The molecule has 1 aromatic heterocycles. The zero-order valence-corrected chi connectivity index (χ0v) is 13.1. The van der Waals surface area contributed by atoms with Crippen molar-refractivity contribution in [2.75, 3.05) is 6.61 Å². The van der Waals surface area contributed by atoms with Gasteiger partial charge >= 0.3 is 0 Å². The van der Waals surface area contributed by atoms with Crippen molar-refractivity contribution in [3.8, 4) is 5.75 Å². The van der Waals surface area contributed by atoms with Crippen LogP contribution in [0.5, 0.6) is 5.75 Å². The molecule has 1 atom stereocenters. The Morgan fingerprint density at radius 3 is 3.00 bits per heavy atom. The van der Waals surface area contributed by atoms with E-state index in [1.807, 2.05) is 18.2 Å². The molecule has 100 valence electrons. The summed E-state index contributed by atoms with van der Waals surface area (Å²) in [6, 6.07) is 8.20. The molecule has 3 rings (SSSR count). The Hall–Kier alpha value is -0.840. The second-order valence-corrected chi connectivity index (χ2v) is 7.06. The molecule has 0 bridgehead atoms. The van der Waals surface area contributed by atoms with E-state index in [4.69, 9.17) is 4.74 Å². The van der Waals surface area contributed by atoms with Gasteiger partial charge in [-0.05, 0) is 42.3 Å². The van der Waals surface area contributed by atoms with Crippen molar-refractivity contribution in [2.45, 2.75) is 25.9 Å². The molecule has 1 aromatic carbocycles. The minimum atomic E-state index is -0.457. The average molecular weight is 339 g/mol. The molecule has 0 saturated heterocycles. The van der Waals surface area contributed by atoms with Crippen LogP contribution in [0.1, 0.15) is 27.0 Å². The van der Waals surface area contributed by atoms with Gasteiger partial charge < -0.3 is 9.84 Å². The van der Waals surface area contributed by atoms with Crippen molar-refractivity contribution >= 4 is 27.3 Å². The number of thiophene rings is 1. The van der Waals surface area contributed by atoms with Gasteiger partial charge in [-0.2, -0.15) is 0 Å². The molecule has 2 nitrogen and oxygen atoms in total. The topological polar surface area (TPSA) is 29.5 Å². The van der Waals surface area contributed by atoms with Gasteiger partial charge in [0.05, 0.1) is 12.7 Å². The summed E-state index contributed by atoms with van der Waals surface area (Å²) >= 11 is 5.18. The first kappa shape index (κ1) is 13.2. The molecule has 0 aliphatic carbocycles. The maximum Gasteiger partial charge on any atom is 0.125 e. The van der Waals surface area contributed by atoms with Crippen LogP contribution in [0, 0.1) is 6.92 Å². The maximum atomic E-state index is 10.3. The fourth-order valence-corrected chi connectivity index (χ4v) is 3.86. The fraction of sp³-hybridized carbons (Fsp3) is 0.333. The predicted molar refractivity (Wildman–Crippen MR) is 81.1 cm³/mol. The van der Waals surface area contributed by atoms with Crippen LogP contribution in [0.15, 0.2) is 28.7 Å². The minimum Gasteiger partial charge on any atom is -0.493 e. The highest BCUT2D eigenvalue weighted by molar-refractivity contribution is 9.10. The molecule has 4 heteroatoms. The summed E-state index contributed by atoms with van der Waals surface area (Å²) in [5, 5.41) is 10.3. The van der Waals surface area contributed by atoms with Crippen LogP contribution < -0.4 is 4.74 Å². The van der Waals surface area contributed by atoms with Crippen LogP contribution in [-0.4, -0.2) is 11.7 Å². The molecule has 0 fully saturated rings. The Morgan fingerprint density at radius 2 is 2.26 bits per heavy atom. The number of halogens is 1. The minimum absolute atomic E-state index is 0.457. The second-order valence-electron chi connectivity index (χ2n) is 4.82. The number of aliphatic hydroxyl groups excluding tert-OH is 1. The third kappa shape index (κ3) is 2.71. The van der Waals surface area contributed by atoms with Gasteiger partial charge in [0.25, 0.3) is 0 Å². The third-order valence-electron chi connectivity index (χ3n) is 3.33. The normalized spacial score (nSPS) is 15.1. The number of ether oxygens (including phenoxy) is 1. The summed E-state index contributed by atoms with van der Waals surface area (Å²) in [4.78, 5) is 2.24. The van der Waals surface area contributed by atoms with E-state index in [2.05, 4.69) is 28.9 Å². The molecule has 2 aromatic rings. The summed E-state index contributed by atoms with van der Waals surface area (Å²) in [7, 11) is 0. The Labute approximate surface area is 125 Å². The van der Waals surface area contributed by atoms with E-state index in [1.54, 1.807) is 11.3 Å². The van der Waals surface area contributed by atoms with Crippen LogP contribution in [0.25, 0.3) is 0 Å². The zero-order chi connectivity index (χ0) is 13.4. The largest absolute Gasteiger partial charge is 0.493 e. The number of rotatable bonds is 3. The van der Waals surface area contributed by atoms with E-state index < -0.39 is 6.10 Å². The summed E-state index contributed by atoms with van der Waals surface area (Å²) in [5.74, 6) is 0.968. The molecule has 1 aliphatic rings. The van der Waals surface area contributed by atoms with Crippen molar-refractivity contribution in [2.24, 2.45) is 0 Å². The zero-order valence-electron chi connectivity index (χ0n) is 10.6. The molecule has 0 spiro atoms. The summed E-state index contributed by atoms with van der Waals surface area (Å²) in [6.07, 6.45) is 1.10. The van der Waals surface area contributed by atoms with Gasteiger partial charge in [0.2, 0.25) is 0 Å². The van der Waals surface area contributed by atoms with Gasteiger partial charge in [0.15, 0.2) is 0 Å². The van der Waals surface area contributed by atoms with Crippen LogP contribution in [-0.2, 0) is 12.8 Å². The Morgan fingerprint density at radius 1 is 1.42 bits per heavy atom. The van der Waals surface area contributed by atoms with Crippen molar-refractivity contribution in [1.82, 2.24) is 0 Å². The molecule has 1 N–H and O–H groups in total. The first-order valence-corrected chi connectivity index (χ1v) is 7.93. The van der Waals surface area contributed by atoms with E-state index >= 15 is 0 Å². The molecule has 19 heavy (non-hydrogen) atoms. The first-order valence-electron chi connectivity index (χ1n) is 6.32. The van der Waals surface area contributed by atoms with Gasteiger partial charge in [-0.25, -0.2) is 0 Å². The van der Waals surface area contributed by atoms with E-state index in [9.17, 15) is 5.11 Å². The van der Waals surface area contributed by atoms with E-state index in [1.165, 1.54) is 10.4 Å². The van der Waals surface area contributed by atoms with E-state index in [0.717, 1.165) is 33.7 Å². The third-order valence-corrected chi connectivity index (χ3v) is 4.89. The van der Waals surface area contributed by atoms with Gasteiger partial charge in [-0.1, -0.05) is 15.9 Å². The lowest BCUT2D eigenvalue weighted by Gasteiger charge is -2.12. The number of aliphatic hydroxyl groups is 1. The quantitative estimate of drug-likeness (QED) is 0.915. The molecule has 1 aliphatic heterocycles. The Bertz CT molecular complexity index is 606. The summed E-state index contributed by atoms with van der Waals surface area (Å²) < 4.78 is 6.75.